The second-order valence-corrected chi connectivity index (χ2v) is 3.39. The van der Waals surface area contributed by atoms with Gasteiger partial charge in [-0.2, -0.15) is 0 Å². The van der Waals surface area contributed by atoms with Crippen LogP contribution in [0.25, 0.3) is 11.3 Å². The van der Waals surface area contributed by atoms with Gasteiger partial charge in [0.25, 0.3) is 0 Å². The smallest absolute Gasteiger partial charge is 0.193 e. The van der Waals surface area contributed by atoms with E-state index in [1.54, 1.807) is 25.3 Å². The summed E-state index contributed by atoms with van der Waals surface area (Å²) >= 11 is 5.88. The molecule has 15 heavy (non-hydrogen) atoms. The number of aromatic nitrogens is 1. The lowest BCUT2D eigenvalue weighted by Gasteiger charge is -2.06. The number of hydrogen-bond donors (Lipinski definition) is 1. The van der Waals surface area contributed by atoms with E-state index in [-0.39, 0.29) is 0 Å². The van der Waals surface area contributed by atoms with Crippen LogP contribution in [-0.4, -0.2) is 12.3 Å². The number of nitrogens with zero attached hydrogens (tertiary/aromatic N) is 1. The molecule has 0 bridgehead atoms. The molecule has 0 aliphatic heterocycles. The Hall–Kier alpha value is -1.68. The van der Waals surface area contributed by atoms with Gasteiger partial charge in [0, 0.05) is 5.02 Å². The number of hydrogen-bond acceptors (Lipinski definition) is 4. The Bertz CT molecular complexity index is 482. The van der Waals surface area contributed by atoms with Gasteiger partial charge in [0.05, 0.1) is 18.9 Å². The van der Waals surface area contributed by atoms with Crippen LogP contribution in [0.15, 0.2) is 28.9 Å². The predicted octanol–water partition coefficient (Wildman–Crippen LogP) is 2.59. The molecule has 0 radical (unpaired) electrons. The van der Waals surface area contributed by atoms with Crippen LogP contribution in [0.5, 0.6) is 5.75 Å². The fraction of sp³-hybridized carbons (Fsp3) is 0.100. The summed E-state index contributed by atoms with van der Waals surface area (Å²) in [5, 5.41) is 4.19. The summed E-state index contributed by atoms with van der Waals surface area (Å²) < 4.78 is 10.2. The summed E-state index contributed by atoms with van der Waals surface area (Å²) in [6, 6.07) is 5.20. The molecule has 0 saturated carbocycles. The van der Waals surface area contributed by atoms with E-state index in [0.717, 1.165) is 0 Å². The first kappa shape index (κ1) is 9.86. The maximum absolute atomic E-state index is 5.88. The van der Waals surface area contributed by atoms with Gasteiger partial charge >= 0.3 is 0 Å². The molecule has 1 aromatic carbocycles. The number of benzene rings is 1. The number of nitrogens with two attached hydrogens (primary N) is 1. The quantitative estimate of drug-likeness (QED) is 0.852. The van der Waals surface area contributed by atoms with Crippen molar-refractivity contribution >= 4 is 17.3 Å². The average molecular weight is 225 g/mol. The molecular formula is C10H9ClN2O2. The van der Waals surface area contributed by atoms with Crippen LogP contribution in [0.4, 0.5) is 5.69 Å². The molecule has 5 heteroatoms. The molecule has 1 heterocycles. The van der Waals surface area contributed by atoms with E-state index >= 15 is 0 Å². The molecule has 0 amide bonds. The lowest BCUT2D eigenvalue weighted by molar-refractivity contribution is 0.406. The predicted molar refractivity (Wildman–Crippen MR) is 57.9 cm³/mol. The minimum Gasteiger partial charge on any atom is -0.496 e. The van der Waals surface area contributed by atoms with Crippen LogP contribution in [0.1, 0.15) is 0 Å². The lowest BCUT2D eigenvalue weighted by atomic mass is 10.1. The topological polar surface area (TPSA) is 61.3 Å². The van der Waals surface area contributed by atoms with E-state index in [4.69, 9.17) is 26.6 Å². The summed E-state index contributed by atoms with van der Waals surface area (Å²) in [4.78, 5) is 0. The molecule has 2 N–H and O–H groups in total. The number of ether oxygens (including phenoxy) is 1. The van der Waals surface area contributed by atoms with Crippen LogP contribution in [0, 0.1) is 0 Å². The fourth-order valence-corrected chi connectivity index (χ4v) is 1.48. The third-order valence-corrected chi connectivity index (χ3v) is 2.24. The Labute approximate surface area is 91.6 Å². The van der Waals surface area contributed by atoms with Crippen molar-refractivity contribution in [3.05, 3.63) is 29.4 Å². The number of rotatable bonds is 2. The van der Waals surface area contributed by atoms with Gasteiger partial charge in [-0.3, -0.25) is 0 Å². The number of methoxy groups -OCH3 is 1. The highest BCUT2D eigenvalue weighted by molar-refractivity contribution is 6.31. The Morgan fingerprint density at radius 3 is 2.87 bits per heavy atom. The second-order valence-electron chi connectivity index (χ2n) is 2.95. The van der Waals surface area contributed by atoms with E-state index in [1.165, 1.54) is 6.20 Å². The molecule has 1 aromatic heterocycles. The standard InChI is InChI=1S/C10H9ClN2O2/c1-14-9-3-2-6(11)4-7(9)10-8(12)5-13-15-10/h2-5H,12H2,1H3. The van der Waals surface area contributed by atoms with Crippen LogP contribution >= 0.6 is 11.6 Å². The highest BCUT2D eigenvalue weighted by Gasteiger charge is 2.13. The monoisotopic (exact) mass is 224 g/mol. The third-order valence-electron chi connectivity index (χ3n) is 2.00. The summed E-state index contributed by atoms with van der Waals surface area (Å²) in [7, 11) is 1.57. The molecule has 0 atom stereocenters. The minimum absolute atomic E-state index is 0.454. The van der Waals surface area contributed by atoms with Gasteiger partial charge < -0.3 is 15.0 Å². The fourth-order valence-electron chi connectivity index (χ4n) is 1.31. The second kappa shape index (κ2) is 3.82. The van der Waals surface area contributed by atoms with Crippen molar-refractivity contribution in [3.8, 4) is 17.1 Å². The number of anilines is 1. The molecule has 0 aliphatic rings. The van der Waals surface area contributed by atoms with Crippen molar-refractivity contribution in [2.45, 2.75) is 0 Å². The molecule has 2 rings (SSSR count). The normalized spacial score (nSPS) is 10.3. The van der Waals surface area contributed by atoms with Crippen molar-refractivity contribution in [2.24, 2.45) is 0 Å². The molecule has 0 unspecified atom stereocenters. The summed E-state index contributed by atoms with van der Waals surface area (Å²) in [6.07, 6.45) is 1.44. The van der Waals surface area contributed by atoms with E-state index in [2.05, 4.69) is 5.16 Å². The first-order chi connectivity index (χ1) is 7.22. The molecule has 78 valence electrons. The van der Waals surface area contributed by atoms with Gasteiger partial charge in [-0.05, 0) is 18.2 Å². The molecule has 0 fully saturated rings. The zero-order valence-electron chi connectivity index (χ0n) is 8.03. The van der Waals surface area contributed by atoms with Gasteiger partial charge in [-0.25, -0.2) is 0 Å². The van der Waals surface area contributed by atoms with E-state index < -0.39 is 0 Å². The summed E-state index contributed by atoms with van der Waals surface area (Å²) in [5.41, 5.74) is 6.84. The zero-order chi connectivity index (χ0) is 10.8. The van der Waals surface area contributed by atoms with Crippen LogP contribution < -0.4 is 10.5 Å². The van der Waals surface area contributed by atoms with Crippen molar-refractivity contribution in [1.29, 1.82) is 0 Å². The van der Waals surface area contributed by atoms with E-state index in [1.807, 2.05) is 0 Å². The van der Waals surface area contributed by atoms with Crippen molar-refractivity contribution in [1.82, 2.24) is 5.16 Å². The van der Waals surface area contributed by atoms with Gasteiger partial charge in [-0.1, -0.05) is 16.8 Å². The molecule has 0 saturated heterocycles. The van der Waals surface area contributed by atoms with Gasteiger partial charge in [0.2, 0.25) is 0 Å². The molecular weight excluding hydrogens is 216 g/mol. The maximum Gasteiger partial charge on any atom is 0.193 e. The Kier molecular flexibility index (Phi) is 2.51. The van der Waals surface area contributed by atoms with Crippen molar-refractivity contribution in [3.63, 3.8) is 0 Å². The van der Waals surface area contributed by atoms with Gasteiger partial charge in [-0.15, -0.1) is 0 Å². The Balaban J connectivity index is 2.60. The number of halogens is 1. The third kappa shape index (κ3) is 1.76. The van der Waals surface area contributed by atoms with Crippen molar-refractivity contribution < 1.29 is 9.26 Å². The Morgan fingerprint density at radius 2 is 2.27 bits per heavy atom. The van der Waals surface area contributed by atoms with Crippen LogP contribution in [0.3, 0.4) is 0 Å². The van der Waals surface area contributed by atoms with Crippen LogP contribution in [0.2, 0.25) is 5.02 Å². The average Bonchev–Trinajstić information content (AvgIpc) is 2.64. The molecule has 4 nitrogen and oxygen atoms in total. The van der Waals surface area contributed by atoms with Gasteiger partial charge in [0.1, 0.15) is 11.4 Å². The maximum atomic E-state index is 5.88. The highest BCUT2D eigenvalue weighted by atomic mass is 35.5. The zero-order valence-corrected chi connectivity index (χ0v) is 8.78. The highest BCUT2D eigenvalue weighted by Crippen LogP contribution is 2.35. The number of nitrogen functional groups attached to an aromatic ring is 1. The largest absolute Gasteiger partial charge is 0.496 e. The van der Waals surface area contributed by atoms with E-state index in [0.29, 0.717) is 27.8 Å². The first-order valence-electron chi connectivity index (χ1n) is 4.26. The SMILES string of the molecule is COc1ccc(Cl)cc1-c1oncc1N. The summed E-state index contributed by atoms with van der Waals surface area (Å²) in [6.45, 7) is 0. The molecule has 0 spiro atoms. The molecule has 0 aliphatic carbocycles. The summed E-state index contributed by atoms with van der Waals surface area (Å²) in [5.74, 6) is 1.11. The van der Waals surface area contributed by atoms with Crippen LogP contribution in [-0.2, 0) is 0 Å². The van der Waals surface area contributed by atoms with Crippen molar-refractivity contribution in [2.75, 3.05) is 12.8 Å². The van der Waals surface area contributed by atoms with E-state index in [9.17, 15) is 0 Å². The molecule has 2 aromatic rings. The first-order valence-corrected chi connectivity index (χ1v) is 4.64. The Morgan fingerprint density at radius 1 is 1.47 bits per heavy atom. The lowest BCUT2D eigenvalue weighted by Crippen LogP contribution is -1.90. The minimum atomic E-state index is 0.454. The van der Waals surface area contributed by atoms with Gasteiger partial charge in [0.15, 0.2) is 5.76 Å².